The molecule has 1 heteroatoms. The highest BCUT2D eigenvalue weighted by Gasteiger charge is 2.52. The second-order valence-corrected chi connectivity index (χ2v) is 6.15. The number of nitrogens with one attached hydrogen (secondary N) is 1. The van der Waals surface area contributed by atoms with Crippen LogP contribution in [0.1, 0.15) is 17.5 Å². The molecule has 2 aromatic carbocycles. The van der Waals surface area contributed by atoms with Crippen LogP contribution in [0.15, 0.2) is 60.7 Å². The fourth-order valence-corrected chi connectivity index (χ4v) is 3.47. The summed E-state index contributed by atoms with van der Waals surface area (Å²) in [7, 11) is 2.06. The molecule has 2 aromatic rings. The second kappa shape index (κ2) is 5.80. The van der Waals surface area contributed by atoms with E-state index in [0.717, 1.165) is 12.5 Å². The van der Waals surface area contributed by atoms with Crippen LogP contribution in [0.5, 0.6) is 0 Å². The number of rotatable bonds is 6. The fourth-order valence-electron chi connectivity index (χ4n) is 3.47. The average molecular weight is 265 g/mol. The number of hydrogen-bond donors (Lipinski definition) is 1. The lowest BCUT2D eigenvalue weighted by atomic mass is 9.87. The lowest BCUT2D eigenvalue weighted by Gasteiger charge is -2.18. The molecule has 0 aliphatic heterocycles. The normalized spacial score (nSPS) is 19.8. The SMILES string of the molecule is CNCC1CC1(Cc1ccccc1)Cc1ccccc1. The Kier molecular flexibility index (Phi) is 3.88. The van der Waals surface area contributed by atoms with Gasteiger partial charge in [-0.15, -0.1) is 0 Å². The van der Waals surface area contributed by atoms with Crippen molar-refractivity contribution in [1.29, 1.82) is 0 Å². The lowest BCUT2D eigenvalue weighted by Crippen LogP contribution is -2.19. The van der Waals surface area contributed by atoms with Crippen LogP contribution in [-0.4, -0.2) is 13.6 Å². The quantitative estimate of drug-likeness (QED) is 0.840. The highest BCUT2D eigenvalue weighted by Crippen LogP contribution is 2.56. The summed E-state index contributed by atoms with van der Waals surface area (Å²) in [5.74, 6) is 0.813. The first-order valence-electron chi connectivity index (χ1n) is 7.55. The molecular formula is C19H23N. The molecule has 3 rings (SSSR count). The molecule has 0 aromatic heterocycles. The van der Waals surface area contributed by atoms with E-state index in [4.69, 9.17) is 0 Å². The van der Waals surface area contributed by atoms with Crippen molar-refractivity contribution in [2.45, 2.75) is 19.3 Å². The Morgan fingerprint density at radius 3 is 1.85 bits per heavy atom. The van der Waals surface area contributed by atoms with Crippen molar-refractivity contribution in [3.63, 3.8) is 0 Å². The van der Waals surface area contributed by atoms with E-state index < -0.39 is 0 Å². The van der Waals surface area contributed by atoms with Crippen molar-refractivity contribution < 1.29 is 0 Å². The molecule has 1 unspecified atom stereocenters. The van der Waals surface area contributed by atoms with Crippen LogP contribution in [0.2, 0.25) is 0 Å². The van der Waals surface area contributed by atoms with Crippen LogP contribution in [0.3, 0.4) is 0 Å². The average Bonchev–Trinajstić information content (AvgIpc) is 3.13. The summed E-state index contributed by atoms with van der Waals surface area (Å²) in [6, 6.07) is 21.9. The summed E-state index contributed by atoms with van der Waals surface area (Å²) >= 11 is 0. The number of benzene rings is 2. The van der Waals surface area contributed by atoms with E-state index in [1.54, 1.807) is 0 Å². The van der Waals surface area contributed by atoms with Crippen molar-refractivity contribution >= 4 is 0 Å². The van der Waals surface area contributed by atoms with E-state index in [2.05, 4.69) is 73.0 Å². The molecule has 1 saturated carbocycles. The molecule has 0 heterocycles. The zero-order valence-corrected chi connectivity index (χ0v) is 12.2. The van der Waals surface area contributed by atoms with Crippen LogP contribution in [-0.2, 0) is 12.8 Å². The number of hydrogen-bond acceptors (Lipinski definition) is 1. The van der Waals surface area contributed by atoms with E-state index in [1.165, 1.54) is 30.4 Å². The largest absolute Gasteiger partial charge is 0.319 e. The Hall–Kier alpha value is -1.60. The van der Waals surface area contributed by atoms with Gasteiger partial charge in [0.25, 0.3) is 0 Å². The fraction of sp³-hybridized carbons (Fsp3) is 0.368. The molecule has 20 heavy (non-hydrogen) atoms. The predicted molar refractivity (Wildman–Crippen MR) is 84.8 cm³/mol. The lowest BCUT2D eigenvalue weighted by molar-refractivity contribution is 0.439. The Morgan fingerprint density at radius 1 is 0.900 bits per heavy atom. The van der Waals surface area contributed by atoms with Gasteiger partial charge in [-0.05, 0) is 55.3 Å². The third-order valence-corrected chi connectivity index (χ3v) is 4.61. The first kappa shape index (κ1) is 13.4. The molecule has 1 aliphatic carbocycles. The van der Waals surface area contributed by atoms with Crippen molar-refractivity contribution in [2.24, 2.45) is 11.3 Å². The van der Waals surface area contributed by atoms with E-state index in [1.807, 2.05) is 0 Å². The minimum atomic E-state index is 0.464. The van der Waals surface area contributed by atoms with E-state index in [9.17, 15) is 0 Å². The Balaban J connectivity index is 1.76. The van der Waals surface area contributed by atoms with Crippen molar-refractivity contribution in [1.82, 2.24) is 5.32 Å². The summed E-state index contributed by atoms with van der Waals surface area (Å²) < 4.78 is 0. The molecule has 104 valence electrons. The summed E-state index contributed by atoms with van der Waals surface area (Å²) in [5, 5.41) is 3.36. The standard InChI is InChI=1S/C19H23N/c1-20-15-18-14-19(18,12-16-8-4-2-5-9-16)13-17-10-6-3-7-11-17/h2-11,18,20H,12-15H2,1H3. The van der Waals surface area contributed by atoms with Crippen LogP contribution < -0.4 is 5.32 Å². The van der Waals surface area contributed by atoms with Gasteiger partial charge in [0.1, 0.15) is 0 Å². The Labute approximate surface area is 122 Å². The van der Waals surface area contributed by atoms with Crippen molar-refractivity contribution in [2.75, 3.05) is 13.6 Å². The smallest absolute Gasteiger partial charge is 0.00178 e. The van der Waals surface area contributed by atoms with Gasteiger partial charge >= 0.3 is 0 Å². The molecule has 0 spiro atoms. The summed E-state index contributed by atoms with van der Waals surface area (Å²) in [5.41, 5.74) is 3.41. The van der Waals surface area contributed by atoms with Gasteiger partial charge in [-0.1, -0.05) is 60.7 Å². The topological polar surface area (TPSA) is 12.0 Å². The van der Waals surface area contributed by atoms with Gasteiger partial charge in [0.2, 0.25) is 0 Å². The van der Waals surface area contributed by atoms with E-state index in [-0.39, 0.29) is 0 Å². The maximum absolute atomic E-state index is 3.36. The third-order valence-electron chi connectivity index (χ3n) is 4.61. The van der Waals surface area contributed by atoms with Gasteiger partial charge in [-0.25, -0.2) is 0 Å². The highest BCUT2D eigenvalue weighted by atomic mass is 14.8. The van der Waals surface area contributed by atoms with Gasteiger partial charge in [-0.2, -0.15) is 0 Å². The maximum atomic E-state index is 3.36. The maximum Gasteiger partial charge on any atom is -0.00178 e. The third kappa shape index (κ3) is 2.94. The van der Waals surface area contributed by atoms with E-state index in [0.29, 0.717) is 5.41 Å². The van der Waals surface area contributed by atoms with Crippen molar-refractivity contribution in [3.8, 4) is 0 Å². The van der Waals surface area contributed by atoms with Crippen LogP contribution >= 0.6 is 0 Å². The zero-order valence-electron chi connectivity index (χ0n) is 12.2. The molecule has 1 aliphatic rings. The molecule has 1 nitrogen and oxygen atoms in total. The monoisotopic (exact) mass is 265 g/mol. The zero-order chi connectivity index (χ0) is 13.8. The highest BCUT2D eigenvalue weighted by molar-refractivity contribution is 5.25. The van der Waals surface area contributed by atoms with Crippen LogP contribution in [0.25, 0.3) is 0 Å². The van der Waals surface area contributed by atoms with Gasteiger partial charge in [0.05, 0.1) is 0 Å². The summed E-state index contributed by atoms with van der Waals surface area (Å²) in [6.07, 6.45) is 3.75. The van der Waals surface area contributed by atoms with Crippen molar-refractivity contribution in [3.05, 3.63) is 71.8 Å². The van der Waals surface area contributed by atoms with Crippen LogP contribution in [0, 0.1) is 11.3 Å². The van der Waals surface area contributed by atoms with Crippen LogP contribution in [0.4, 0.5) is 0 Å². The Morgan fingerprint density at radius 2 is 1.40 bits per heavy atom. The molecule has 1 fully saturated rings. The summed E-state index contributed by atoms with van der Waals surface area (Å²) in [6.45, 7) is 1.14. The molecule has 0 saturated heterocycles. The van der Waals surface area contributed by atoms with Gasteiger partial charge in [0, 0.05) is 0 Å². The molecule has 0 amide bonds. The first-order chi connectivity index (χ1) is 9.82. The molecule has 1 N–H and O–H groups in total. The predicted octanol–water partition coefficient (Wildman–Crippen LogP) is 3.70. The minimum absolute atomic E-state index is 0.464. The molecular weight excluding hydrogens is 242 g/mol. The first-order valence-corrected chi connectivity index (χ1v) is 7.55. The summed E-state index contributed by atoms with van der Waals surface area (Å²) in [4.78, 5) is 0. The molecule has 0 radical (unpaired) electrons. The van der Waals surface area contributed by atoms with E-state index >= 15 is 0 Å². The van der Waals surface area contributed by atoms with Gasteiger partial charge in [0.15, 0.2) is 0 Å². The Bertz CT molecular complexity index is 491. The molecule has 1 atom stereocenters. The van der Waals surface area contributed by atoms with Gasteiger partial charge < -0.3 is 5.32 Å². The molecule has 0 bridgehead atoms. The minimum Gasteiger partial charge on any atom is -0.319 e. The second-order valence-electron chi connectivity index (χ2n) is 6.15. The van der Waals surface area contributed by atoms with Gasteiger partial charge in [-0.3, -0.25) is 0 Å².